The van der Waals surface area contributed by atoms with Crippen LogP contribution in [0, 0.1) is 11.3 Å². The van der Waals surface area contributed by atoms with E-state index in [4.69, 9.17) is 14.2 Å². The molecule has 6 heteroatoms. The Balaban J connectivity index is 2.15. The van der Waals surface area contributed by atoms with Crippen molar-refractivity contribution in [2.45, 2.75) is 6.54 Å². The number of ether oxygens (including phenoxy) is 3. The third kappa shape index (κ3) is 4.77. The molecule has 2 aromatic rings. The number of hydrogen-bond donors (Lipinski definition) is 1. The van der Waals surface area contributed by atoms with Crippen molar-refractivity contribution in [1.82, 2.24) is 5.32 Å². The lowest BCUT2D eigenvalue weighted by Crippen LogP contribution is -2.23. The highest BCUT2D eigenvalue weighted by Gasteiger charge is 2.11. The van der Waals surface area contributed by atoms with E-state index in [0.717, 1.165) is 11.3 Å². The smallest absolute Gasteiger partial charge is 0.262 e. The number of nitrogens with zero attached hydrogens (tertiary/aromatic N) is 1. The van der Waals surface area contributed by atoms with E-state index in [2.05, 4.69) is 5.32 Å². The minimum Gasteiger partial charge on any atom is -0.497 e. The van der Waals surface area contributed by atoms with Gasteiger partial charge in [0.2, 0.25) is 0 Å². The fourth-order valence-electron chi connectivity index (χ4n) is 2.28. The van der Waals surface area contributed by atoms with Gasteiger partial charge in [-0.15, -0.1) is 0 Å². The maximum atomic E-state index is 12.3. The molecule has 0 aliphatic carbocycles. The third-order valence-corrected chi connectivity index (χ3v) is 3.71. The summed E-state index contributed by atoms with van der Waals surface area (Å²) in [6.45, 7) is 0.303. The van der Waals surface area contributed by atoms with Crippen molar-refractivity contribution in [1.29, 1.82) is 5.26 Å². The van der Waals surface area contributed by atoms with Crippen LogP contribution in [-0.2, 0) is 11.3 Å². The third-order valence-electron chi connectivity index (χ3n) is 3.71. The van der Waals surface area contributed by atoms with E-state index in [9.17, 15) is 10.1 Å². The van der Waals surface area contributed by atoms with Gasteiger partial charge in [-0.3, -0.25) is 4.79 Å². The number of carbonyl (C=O) groups excluding carboxylic acids is 1. The number of carbonyl (C=O) groups is 1. The van der Waals surface area contributed by atoms with Crippen LogP contribution >= 0.6 is 0 Å². The Labute approximate surface area is 152 Å². The lowest BCUT2D eigenvalue weighted by Gasteiger charge is -2.09. The van der Waals surface area contributed by atoms with E-state index >= 15 is 0 Å². The van der Waals surface area contributed by atoms with Crippen molar-refractivity contribution in [3.8, 4) is 23.3 Å². The predicted molar refractivity (Wildman–Crippen MR) is 98.0 cm³/mol. The Bertz CT molecular complexity index is 836. The van der Waals surface area contributed by atoms with Crippen LogP contribution in [0.25, 0.3) is 6.08 Å². The summed E-state index contributed by atoms with van der Waals surface area (Å²) < 4.78 is 15.5. The first-order valence-corrected chi connectivity index (χ1v) is 7.86. The van der Waals surface area contributed by atoms with E-state index in [1.165, 1.54) is 13.2 Å². The maximum Gasteiger partial charge on any atom is 0.262 e. The largest absolute Gasteiger partial charge is 0.497 e. The zero-order chi connectivity index (χ0) is 18.9. The average Bonchev–Trinajstić information content (AvgIpc) is 2.70. The molecule has 2 rings (SSSR count). The number of hydrogen-bond acceptors (Lipinski definition) is 5. The van der Waals surface area contributed by atoms with Crippen molar-refractivity contribution in [2.75, 3.05) is 21.3 Å². The second kappa shape index (κ2) is 9.14. The lowest BCUT2D eigenvalue weighted by molar-refractivity contribution is -0.117. The van der Waals surface area contributed by atoms with E-state index in [1.807, 2.05) is 30.3 Å². The van der Waals surface area contributed by atoms with Gasteiger partial charge in [-0.25, -0.2) is 0 Å². The first-order chi connectivity index (χ1) is 12.6. The normalized spacial score (nSPS) is 10.6. The summed E-state index contributed by atoms with van der Waals surface area (Å²) >= 11 is 0. The summed E-state index contributed by atoms with van der Waals surface area (Å²) in [7, 11) is 4.66. The molecule has 6 nitrogen and oxygen atoms in total. The standard InChI is InChI=1S/C20H20N2O4/c1-24-17-6-4-14(5-7-17)13-22-20(23)16(12-21)10-15-11-18(25-2)8-9-19(15)26-3/h4-11H,13H2,1-3H3,(H,22,23)/b16-10-. The van der Waals surface area contributed by atoms with Crippen molar-refractivity contribution in [2.24, 2.45) is 0 Å². The molecule has 0 unspecified atom stereocenters. The van der Waals surface area contributed by atoms with Gasteiger partial charge in [-0.05, 0) is 42.0 Å². The van der Waals surface area contributed by atoms with E-state index < -0.39 is 5.91 Å². The molecule has 2 aromatic carbocycles. The SMILES string of the molecule is COc1ccc(CNC(=O)/C(C#N)=C\c2cc(OC)ccc2OC)cc1. The Hall–Kier alpha value is -3.46. The fraction of sp³-hybridized carbons (Fsp3) is 0.200. The minimum absolute atomic E-state index is 0.0231. The summed E-state index contributed by atoms with van der Waals surface area (Å²) in [5, 5.41) is 12.1. The molecule has 1 N–H and O–H groups in total. The average molecular weight is 352 g/mol. The van der Waals surface area contributed by atoms with Gasteiger partial charge in [-0.1, -0.05) is 12.1 Å². The molecule has 0 fully saturated rings. The van der Waals surface area contributed by atoms with Crippen molar-refractivity contribution < 1.29 is 19.0 Å². The summed E-state index contributed by atoms with van der Waals surface area (Å²) in [6.07, 6.45) is 1.48. The van der Waals surface area contributed by atoms with Gasteiger partial charge in [0.1, 0.15) is 28.9 Å². The quantitative estimate of drug-likeness (QED) is 0.612. The van der Waals surface area contributed by atoms with E-state index in [1.54, 1.807) is 32.4 Å². The van der Waals surface area contributed by atoms with Gasteiger partial charge >= 0.3 is 0 Å². The zero-order valence-electron chi connectivity index (χ0n) is 14.9. The molecule has 0 saturated heterocycles. The van der Waals surface area contributed by atoms with Gasteiger partial charge in [0.15, 0.2) is 0 Å². The zero-order valence-corrected chi connectivity index (χ0v) is 14.9. The molecule has 0 saturated carbocycles. The summed E-state index contributed by atoms with van der Waals surface area (Å²) in [5.41, 5.74) is 1.46. The Morgan fingerprint density at radius 2 is 1.69 bits per heavy atom. The van der Waals surface area contributed by atoms with Crippen LogP contribution in [0.15, 0.2) is 48.0 Å². The highest BCUT2D eigenvalue weighted by molar-refractivity contribution is 6.02. The van der Waals surface area contributed by atoms with Crippen molar-refractivity contribution in [3.05, 3.63) is 59.2 Å². The highest BCUT2D eigenvalue weighted by Crippen LogP contribution is 2.26. The Morgan fingerprint density at radius 1 is 1.04 bits per heavy atom. The van der Waals surface area contributed by atoms with Crippen LogP contribution in [0.4, 0.5) is 0 Å². The van der Waals surface area contributed by atoms with Crippen LogP contribution in [0.2, 0.25) is 0 Å². The first kappa shape index (κ1) is 18.9. The van der Waals surface area contributed by atoms with E-state index in [0.29, 0.717) is 23.6 Å². The molecule has 0 heterocycles. The number of nitriles is 1. The highest BCUT2D eigenvalue weighted by atomic mass is 16.5. The molecular weight excluding hydrogens is 332 g/mol. The monoisotopic (exact) mass is 352 g/mol. The van der Waals surface area contributed by atoms with Crippen LogP contribution < -0.4 is 19.5 Å². The van der Waals surface area contributed by atoms with Crippen LogP contribution in [-0.4, -0.2) is 27.2 Å². The van der Waals surface area contributed by atoms with Gasteiger partial charge in [0, 0.05) is 12.1 Å². The minimum atomic E-state index is -0.465. The second-order valence-electron chi connectivity index (χ2n) is 5.31. The molecule has 0 bridgehead atoms. The van der Waals surface area contributed by atoms with Gasteiger partial charge in [0.05, 0.1) is 21.3 Å². The maximum absolute atomic E-state index is 12.3. The lowest BCUT2D eigenvalue weighted by atomic mass is 10.1. The van der Waals surface area contributed by atoms with Gasteiger partial charge < -0.3 is 19.5 Å². The summed E-state index contributed by atoms with van der Waals surface area (Å²) in [5.74, 6) is 1.42. The second-order valence-corrected chi connectivity index (χ2v) is 5.31. The Kier molecular flexibility index (Phi) is 6.63. The summed E-state index contributed by atoms with van der Waals surface area (Å²) in [4.78, 5) is 12.3. The molecule has 1 amide bonds. The number of rotatable bonds is 7. The number of nitrogens with one attached hydrogen (secondary N) is 1. The molecule has 0 atom stereocenters. The van der Waals surface area contributed by atoms with E-state index in [-0.39, 0.29) is 5.57 Å². The molecule has 26 heavy (non-hydrogen) atoms. The van der Waals surface area contributed by atoms with Crippen molar-refractivity contribution in [3.63, 3.8) is 0 Å². The van der Waals surface area contributed by atoms with Crippen LogP contribution in [0.1, 0.15) is 11.1 Å². The molecule has 0 radical (unpaired) electrons. The number of methoxy groups -OCH3 is 3. The molecular formula is C20H20N2O4. The number of benzene rings is 2. The van der Waals surface area contributed by atoms with Crippen molar-refractivity contribution >= 4 is 12.0 Å². The molecule has 134 valence electrons. The number of amides is 1. The molecule has 0 aromatic heterocycles. The van der Waals surface area contributed by atoms with Gasteiger partial charge in [0.25, 0.3) is 5.91 Å². The fourth-order valence-corrected chi connectivity index (χ4v) is 2.28. The predicted octanol–water partition coefficient (Wildman–Crippen LogP) is 2.94. The molecule has 0 aliphatic rings. The topological polar surface area (TPSA) is 80.6 Å². The van der Waals surface area contributed by atoms with Crippen LogP contribution in [0.5, 0.6) is 17.2 Å². The molecule has 0 aliphatic heterocycles. The Morgan fingerprint density at radius 3 is 2.27 bits per heavy atom. The molecule has 0 spiro atoms. The summed E-state index contributed by atoms with van der Waals surface area (Å²) in [6, 6.07) is 14.4. The van der Waals surface area contributed by atoms with Gasteiger partial charge in [-0.2, -0.15) is 5.26 Å². The van der Waals surface area contributed by atoms with Crippen LogP contribution in [0.3, 0.4) is 0 Å². The first-order valence-electron chi connectivity index (χ1n) is 7.86.